The van der Waals surface area contributed by atoms with Crippen LogP contribution in [0.2, 0.25) is 0 Å². The molecule has 0 bridgehead atoms. The van der Waals surface area contributed by atoms with E-state index in [9.17, 15) is 4.79 Å². The Bertz CT molecular complexity index is 655. The van der Waals surface area contributed by atoms with E-state index < -0.39 is 0 Å². The monoisotopic (exact) mass is 331 g/mol. The lowest BCUT2D eigenvalue weighted by Gasteiger charge is -2.19. The third-order valence-electron chi connectivity index (χ3n) is 3.04. The van der Waals surface area contributed by atoms with E-state index in [0.29, 0.717) is 23.5 Å². The fourth-order valence-corrected chi connectivity index (χ4v) is 3.48. The lowest BCUT2D eigenvalue weighted by atomic mass is 10.3. The highest BCUT2D eigenvalue weighted by Crippen LogP contribution is 2.22. The summed E-state index contributed by atoms with van der Waals surface area (Å²) in [6.45, 7) is 5.99. The van der Waals surface area contributed by atoms with Crippen molar-refractivity contribution in [3.05, 3.63) is 52.1 Å². The molecular weight excluding hydrogens is 314 g/mol. The van der Waals surface area contributed by atoms with Crippen LogP contribution in [0.1, 0.15) is 16.9 Å². The predicted octanol–water partition coefficient (Wildman–Crippen LogP) is 3.70. The third-order valence-corrected chi connectivity index (χ3v) is 4.73. The van der Waals surface area contributed by atoms with Crippen molar-refractivity contribution in [2.24, 2.45) is 0 Å². The molecule has 2 rings (SSSR count). The van der Waals surface area contributed by atoms with Crippen LogP contribution < -0.4 is 5.32 Å². The van der Waals surface area contributed by atoms with Gasteiger partial charge in [-0.05, 0) is 22.9 Å². The van der Waals surface area contributed by atoms with E-state index in [0.717, 1.165) is 13.1 Å². The summed E-state index contributed by atoms with van der Waals surface area (Å²) in [5, 5.41) is 16.2. The number of thiophene rings is 2. The Hall–Kier alpha value is -1.94. The Balaban J connectivity index is 1.85. The Kier molecular flexibility index (Phi) is 6.34. The molecule has 0 aliphatic heterocycles. The summed E-state index contributed by atoms with van der Waals surface area (Å²) in [7, 11) is 0. The van der Waals surface area contributed by atoms with Crippen LogP contribution in [0.5, 0.6) is 0 Å². The number of carbonyl (C=O) groups is 1. The number of anilines is 1. The molecule has 2 heterocycles. The van der Waals surface area contributed by atoms with Gasteiger partial charge in [0.1, 0.15) is 11.1 Å². The number of rotatable bonds is 8. The minimum absolute atomic E-state index is 0.0702. The van der Waals surface area contributed by atoms with E-state index >= 15 is 0 Å². The van der Waals surface area contributed by atoms with Gasteiger partial charge in [0.05, 0.1) is 5.56 Å². The molecule has 1 amide bonds. The maximum Gasteiger partial charge on any atom is 0.226 e. The number of hydrogen-bond donors (Lipinski definition) is 1. The molecule has 4 nitrogen and oxygen atoms in total. The topological polar surface area (TPSA) is 56.1 Å². The minimum Gasteiger partial charge on any atom is -0.317 e. The Morgan fingerprint density at radius 3 is 2.95 bits per heavy atom. The second-order valence-electron chi connectivity index (χ2n) is 4.68. The standard InChI is InChI=1S/C16H17N3OS2/c1-2-7-19(12-14-4-3-9-21-14)8-5-15(20)18-16-13(11-17)6-10-22-16/h2-4,6,9-10H,1,5,7-8,12H2,(H,18,20). The van der Waals surface area contributed by atoms with Gasteiger partial charge in [-0.15, -0.1) is 29.3 Å². The normalized spacial score (nSPS) is 10.4. The SMILES string of the molecule is C=CCN(CCC(=O)Nc1sccc1C#N)Cc1cccs1. The number of nitriles is 1. The van der Waals surface area contributed by atoms with Gasteiger partial charge in [0, 0.05) is 30.9 Å². The first-order valence-electron chi connectivity index (χ1n) is 6.86. The van der Waals surface area contributed by atoms with Crippen molar-refractivity contribution in [2.75, 3.05) is 18.4 Å². The number of nitrogens with zero attached hydrogens (tertiary/aromatic N) is 2. The smallest absolute Gasteiger partial charge is 0.226 e. The van der Waals surface area contributed by atoms with E-state index in [-0.39, 0.29) is 5.91 Å². The summed E-state index contributed by atoms with van der Waals surface area (Å²) in [5.74, 6) is -0.0702. The van der Waals surface area contributed by atoms with Crippen LogP contribution in [-0.4, -0.2) is 23.9 Å². The van der Waals surface area contributed by atoms with Crippen molar-refractivity contribution >= 4 is 33.6 Å². The molecule has 2 aromatic rings. The molecule has 0 saturated heterocycles. The van der Waals surface area contributed by atoms with Gasteiger partial charge >= 0.3 is 0 Å². The van der Waals surface area contributed by atoms with E-state index in [4.69, 9.17) is 5.26 Å². The fourth-order valence-electron chi connectivity index (χ4n) is 1.98. The van der Waals surface area contributed by atoms with E-state index in [2.05, 4.69) is 28.9 Å². The van der Waals surface area contributed by atoms with Crippen molar-refractivity contribution in [1.82, 2.24) is 4.90 Å². The summed E-state index contributed by atoms with van der Waals surface area (Å²) in [5.41, 5.74) is 0.514. The molecule has 0 spiro atoms. The lowest BCUT2D eigenvalue weighted by molar-refractivity contribution is -0.116. The van der Waals surface area contributed by atoms with Gasteiger partial charge in [-0.1, -0.05) is 12.1 Å². The average molecular weight is 331 g/mol. The zero-order valence-corrected chi connectivity index (χ0v) is 13.8. The van der Waals surface area contributed by atoms with Crippen LogP contribution in [0.4, 0.5) is 5.00 Å². The Morgan fingerprint density at radius 1 is 1.41 bits per heavy atom. The maximum atomic E-state index is 12.0. The van der Waals surface area contributed by atoms with Crippen LogP contribution in [0.3, 0.4) is 0 Å². The summed E-state index contributed by atoms with van der Waals surface area (Å²) in [6, 6.07) is 7.89. The molecule has 0 fully saturated rings. The number of nitrogens with one attached hydrogen (secondary N) is 1. The van der Waals surface area contributed by atoms with E-state index in [1.807, 2.05) is 17.5 Å². The Morgan fingerprint density at radius 2 is 2.27 bits per heavy atom. The first-order chi connectivity index (χ1) is 10.7. The van der Waals surface area contributed by atoms with Gasteiger partial charge in [0.2, 0.25) is 5.91 Å². The molecule has 1 N–H and O–H groups in total. The summed E-state index contributed by atoms with van der Waals surface area (Å²) >= 11 is 3.08. The van der Waals surface area contributed by atoms with E-state index in [1.54, 1.807) is 22.8 Å². The molecule has 0 aliphatic carbocycles. The number of amides is 1. The molecule has 2 aromatic heterocycles. The summed E-state index contributed by atoms with van der Waals surface area (Å²) in [4.78, 5) is 15.5. The van der Waals surface area contributed by atoms with Crippen LogP contribution in [-0.2, 0) is 11.3 Å². The highest BCUT2D eigenvalue weighted by molar-refractivity contribution is 7.14. The molecule has 114 valence electrons. The van der Waals surface area contributed by atoms with Gasteiger partial charge in [0.25, 0.3) is 0 Å². The molecular formula is C16H17N3OS2. The first-order valence-corrected chi connectivity index (χ1v) is 8.62. The van der Waals surface area contributed by atoms with Gasteiger partial charge in [-0.3, -0.25) is 9.69 Å². The molecule has 22 heavy (non-hydrogen) atoms. The van der Waals surface area contributed by atoms with Gasteiger partial charge in [-0.25, -0.2) is 0 Å². The van der Waals surface area contributed by atoms with Crippen LogP contribution in [0.15, 0.2) is 41.6 Å². The number of carbonyl (C=O) groups excluding carboxylic acids is 1. The van der Waals surface area contributed by atoms with Gasteiger partial charge < -0.3 is 5.32 Å². The van der Waals surface area contributed by atoms with Crippen molar-refractivity contribution in [1.29, 1.82) is 5.26 Å². The molecule has 0 aliphatic rings. The third kappa shape index (κ3) is 4.81. The average Bonchev–Trinajstić information content (AvgIpc) is 3.16. The van der Waals surface area contributed by atoms with Crippen molar-refractivity contribution in [2.45, 2.75) is 13.0 Å². The van der Waals surface area contributed by atoms with Gasteiger partial charge in [0.15, 0.2) is 0 Å². The highest BCUT2D eigenvalue weighted by atomic mass is 32.1. The van der Waals surface area contributed by atoms with Crippen molar-refractivity contribution in [3.63, 3.8) is 0 Å². The molecule has 0 radical (unpaired) electrons. The second kappa shape index (κ2) is 8.49. The number of hydrogen-bond acceptors (Lipinski definition) is 5. The molecule has 0 aromatic carbocycles. The summed E-state index contributed by atoms with van der Waals surface area (Å²) < 4.78 is 0. The molecule has 0 saturated carbocycles. The Labute approximate surface area is 138 Å². The molecule has 0 unspecified atom stereocenters. The lowest BCUT2D eigenvalue weighted by Crippen LogP contribution is -2.27. The quantitative estimate of drug-likeness (QED) is 0.750. The van der Waals surface area contributed by atoms with Crippen molar-refractivity contribution < 1.29 is 4.79 Å². The predicted molar refractivity (Wildman–Crippen MR) is 92.1 cm³/mol. The molecule has 6 heteroatoms. The van der Waals surface area contributed by atoms with Crippen LogP contribution in [0.25, 0.3) is 0 Å². The largest absolute Gasteiger partial charge is 0.317 e. The highest BCUT2D eigenvalue weighted by Gasteiger charge is 2.11. The zero-order valence-electron chi connectivity index (χ0n) is 12.1. The maximum absolute atomic E-state index is 12.0. The van der Waals surface area contributed by atoms with Crippen LogP contribution in [0, 0.1) is 11.3 Å². The summed E-state index contributed by atoms with van der Waals surface area (Å²) in [6.07, 6.45) is 2.24. The van der Waals surface area contributed by atoms with Gasteiger partial charge in [-0.2, -0.15) is 5.26 Å². The van der Waals surface area contributed by atoms with Crippen molar-refractivity contribution in [3.8, 4) is 6.07 Å². The van der Waals surface area contributed by atoms with E-state index in [1.165, 1.54) is 16.2 Å². The second-order valence-corrected chi connectivity index (χ2v) is 6.62. The zero-order chi connectivity index (χ0) is 15.8. The fraction of sp³-hybridized carbons (Fsp3) is 0.250. The first kappa shape index (κ1) is 16.4. The van der Waals surface area contributed by atoms with Crippen LogP contribution >= 0.6 is 22.7 Å². The minimum atomic E-state index is -0.0702. The molecule has 0 atom stereocenters.